The Kier molecular flexibility index (Phi) is 4.80. The minimum Gasteiger partial charge on any atom is -0.494 e. The van der Waals surface area contributed by atoms with E-state index in [-0.39, 0.29) is 36.0 Å². The van der Waals surface area contributed by atoms with Crippen LogP contribution in [0.3, 0.4) is 0 Å². The van der Waals surface area contributed by atoms with Crippen LogP contribution in [0.25, 0.3) is 0 Å². The highest BCUT2D eigenvalue weighted by molar-refractivity contribution is 7.17. The molecule has 12 heteroatoms. The van der Waals surface area contributed by atoms with Crippen molar-refractivity contribution in [3.05, 3.63) is 31.1 Å². The lowest BCUT2D eigenvalue weighted by atomic mass is 10.0. The van der Waals surface area contributed by atoms with E-state index in [0.717, 1.165) is 27.2 Å². The topological polar surface area (TPSA) is 155 Å². The quantitative estimate of drug-likeness (QED) is 0.547. The predicted octanol–water partition coefficient (Wildman–Crippen LogP) is 0.712. The number of aromatic hydroxyl groups is 1. The molecule has 2 aromatic rings. The molecule has 4 N–H and O–H groups in total. The van der Waals surface area contributed by atoms with Crippen molar-refractivity contribution in [2.24, 2.45) is 0 Å². The summed E-state index contributed by atoms with van der Waals surface area (Å²) >= 11 is 1.70. The molecule has 1 aliphatic rings. The summed E-state index contributed by atoms with van der Waals surface area (Å²) in [5.74, 6) is -4.63. The second-order valence-corrected chi connectivity index (χ2v) is 7.17. The number of hydrogen-bond donors (Lipinski definition) is 4. The zero-order chi connectivity index (χ0) is 19.0. The number of thiazole rings is 1. The lowest BCUT2D eigenvalue weighted by Gasteiger charge is -2.23. The van der Waals surface area contributed by atoms with Crippen LogP contribution in [-0.2, 0) is 27.3 Å². The van der Waals surface area contributed by atoms with E-state index in [9.17, 15) is 29.4 Å². The van der Waals surface area contributed by atoms with Gasteiger partial charge >= 0.3 is 22.7 Å². The van der Waals surface area contributed by atoms with E-state index in [1.54, 1.807) is 0 Å². The number of thiophene rings is 1. The van der Waals surface area contributed by atoms with E-state index in [1.807, 2.05) is 0 Å². The van der Waals surface area contributed by atoms with Crippen LogP contribution in [-0.4, -0.2) is 44.3 Å². The van der Waals surface area contributed by atoms with E-state index in [4.69, 9.17) is 9.84 Å². The average Bonchev–Trinajstić information content (AvgIpc) is 3.09. The van der Waals surface area contributed by atoms with Crippen molar-refractivity contribution in [3.63, 3.8) is 0 Å². The van der Waals surface area contributed by atoms with Crippen LogP contribution in [0.2, 0.25) is 0 Å². The molecular formula is C14H12N2O8S2. The van der Waals surface area contributed by atoms with Crippen LogP contribution in [0.4, 0.5) is 5.00 Å². The van der Waals surface area contributed by atoms with E-state index in [2.05, 4.69) is 5.32 Å². The van der Waals surface area contributed by atoms with Gasteiger partial charge in [-0.3, -0.25) is 14.2 Å². The maximum atomic E-state index is 11.8. The maximum Gasteiger partial charge on any atom is 0.394 e. The number of aromatic carboxylic acids is 1. The zero-order valence-corrected chi connectivity index (χ0v) is 14.6. The number of carbonyl (C=O) groups excluding carboxylic acids is 1. The molecule has 0 aliphatic carbocycles. The van der Waals surface area contributed by atoms with Crippen molar-refractivity contribution >= 4 is 45.5 Å². The minimum absolute atomic E-state index is 0.0347. The molecule has 0 saturated heterocycles. The number of rotatable bonds is 4. The lowest BCUT2D eigenvalue weighted by Crippen LogP contribution is -2.24. The van der Waals surface area contributed by atoms with Gasteiger partial charge in [-0.1, -0.05) is 11.3 Å². The number of hydrogen-bond acceptors (Lipinski definition) is 8. The Labute approximate surface area is 152 Å². The van der Waals surface area contributed by atoms with Gasteiger partial charge in [-0.15, -0.1) is 11.3 Å². The molecule has 0 saturated carbocycles. The zero-order valence-electron chi connectivity index (χ0n) is 12.9. The van der Waals surface area contributed by atoms with Gasteiger partial charge in [0.25, 0.3) is 0 Å². The van der Waals surface area contributed by atoms with Gasteiger partial charge in [-0.2, -0.15) is 0 Å². The number of anilines is 1. The van der Waals surface area contributed by atoms with E-state index < -0.39 is 28.8 Å². The van der Waals surface area contributed by atoms with Crippen LogP contribution >= 0.6 is 22.7 Å². The lowest BCUT2D eigenvalue weighted by molar-refractivity contribution is -0.147. The van der Waals surface area contributed by atoms with Gasteiger partial charge in [0.15, 0.2) is 0 Å². The van der Waals surface area contributed by atoms with Crippen molar-refractivity contribution in [3.8, 4) is 5.88 Å². The number of carboxylic acid groups (broad SMARTS) is 2. The molecule has 3 rings (SSSR count). The van der Waals surface area contributed by atoms with Crippen LogP contribution in [0.1, 0.15) is 26.9 Å². The highest BCUT2D eigenvalue weighted by Crippen LogP contribution is 2.42. The molecule has 26 heavy (non-hydrogen) atoms. The van der Waals surface area contributed by atoms with Crippen molar-refractivity contribution in [1.29, 1.82) is 0 Å². The summed E-state index contributed by atoms with van der Waals surface area (Å²) in [5.41, 5.74) is 0.233. The molecule has 0 radical (unpaired) electrons. The highest BCUT2D eigenvalue weighted by Gasteiger charge is 2.33. The number of aromatic nitrogens is 1. The molecule has 1 atom stereocenters. The molecule has 138 valence electrons. The second kappa shape index (κ2) is 6.90. The second-order valence-electron chi connectivity index (χ2n) is 5.29. The van der Waals surface area contributed by atoms with Gasteiger partial charge in [-0.05, 0) is 12.0 Å². The largest absolute Gasteiger partial charge is 0.494 e. The normalized spacial score (nSPS) is 16.1. The summed E-state index contributed by atoms with van der Waals surface area (Å²) in [7, 11) is 0. The van der Waals surface area contributed by atoms with Gasteiger partial charge < -0.3 is 25.4 Å². The molecule has 0 bridgehead atoms. The molecular weight excluding hydrogens is 388 g/mol. The number of carbonyl (C=O) groups is 3. The first-order chi connectivity index (χ1) is 12.3. The summed E-state index contributed by atoms with van der Waals surface area (Å²) in [4.78, 5) is 45.6. The Bertz CT molecular complexity index is 957. The Morgan fingerprint density at radius 1 is 1.35 bits per heavy atom. The number of aliphatic carboxylic acids is 1. The number of nitrogens with zero attached hydrogens (tertiary/aromatic N) is 1. The summed E-state index contributed by atoms with van der Waals surface area (Å²) in [6, 6.07) is 0. The molecule has 10 nitrogen and oxygen atoms in total. The molecule has 1 unspecified atom stereocenters. The number of amides is 1. The van der Waals surface area contributed by atoms with Gasteiger partial charge in [0.1, 0.15) is 11.1 Å². The summed E-state index contributed by atoms with van der Waals surface area (Å²) < 4.78 is 6.71. The van der Waals surface area contributed by atoms with Gasteiger partial charge in [0, 0.05) is 4.88 Å². The number of fused-ring (bicyclic) bond motifs is 1. The molecule has 2 aromatic heterocycles. The van der Waals surface area contributed by atoms with Gasteiger partial charge in [-0.25, -0.2) is 9.59 Å². The average molecular weight is 400 g/mol. The first kappa shape index (κ1) is 18.1. The van der Waals surface area contributed by atoms with Crippen molar-refractivity contribution in [2.75, 3.05) is 11.9 Å². The van der Waals surface area contributed by atoms with Crippen molar-refractivity contribution in [1.82, 2.24) is 4.57 Å². The number of ether oxygens (including phenoxy) is 1. The first-order valence-electron chi connectivity index (χ1n) is 7.21. The number of carboxylic acids is 2. The third-order valence-electron chi connectivity index (χ3n) is 3.75. The smallest absolute Gasteiger partial charge is 0.394 e. The fourth-order valence-corrected chi connectivity index (χ4v) is 4.54. The molecule has 3 heterocycles. The van der Waals surface area contributed by atoms with Crippen molar-refractivity contribution < 1.29 is 34.4 Å². The van der Waals surface area contributed by atoms with Crippen LogP contribution in [0.15, 0.2) is 10.2 Å². The minimum atomic E-state index is -1.74. The molecule has 0 spiro atoms. The van der Waals surface area contributed by atoms with Crippen LogP contribution in [0.5, 0.6) is 5.88 Å². The predicted molar refractivity (Wildman–Crippen MR) is 90.2 cm³/mol. The van der Waals surface area contributed by atoms with Crippen LogP contribution < -0.4 is 10.2 Å². The fourth-order valence-electron chi connectivity index (χ4n) is 2.63. The Hall–Kier alpha value is -2.70. The third-order valence-corrected chi connectivity index (χ3v) is 5.74. The van der Waals surface area contributed by atoms with Crippen LogP contribution in [0, 0.1) is 0 Å². The summed E-state index contributed by atoms with van der Waals surface area (Å²) in [6.45, 7) is 0.147. The standard InChI is InChI=1S/C14H12N2O8S2/c17-7-4-25-14(23)16(7)3-6-9-5(1-2-24-6)8(12(19)20)11(26-9)15-10(18)13(21)22/h4,6,17H,1-3H2,(H,15,18)(H,19,20)(H,21,22). The Balaban J connectivity index is 2.01. The Morgan fingerprint density at radius 3 is 2.65 bits per heavy atom. The summed E-state index contributed by atoms with van der Waals surface area (Å²) in [5, 5.41) is 31.2. The molecule has 0 fully saturated rings. The maximum absolute atomic E-state index is 11.8. The van der Waals surface area contributed by atoms with E-state index in [1.165, 1.54) is 5.38 Å². The monoisotopic (exact) mass is 400 g/mol. The highest BCUT2D eigenvalue weighted by atomic mass is 32.1. The van der Waals surface area contributed by atoms with Gasteiger partial charge in [0.05, 0.1) is 24.1 Å². The Morgan fingerprint density at radius 2 is 2.08 bits per heavy atom. The number of nitrogens with one attached hydrogen (secondary N) is 1. The first-order valence-corrected chi connectivity index (χ1v) is 8.91. The fraction of sp³-hybridized carbons (Fsp3) is 0.286. The molecule has 1 aliphatic heterocycles. The van der Waals surface area contributed by atoms with E-state index >= 15 is 0 Å². The van der Waals surface area contributed by atoms with E-state index in [0.29, 0.717) is 10.4 Å². The SMILES string of the molecule is O=C(O)C(=O)Nc1sc2c(c1C(=O)O)CCOC2Cn1c(O)csc1=O. The van der Waals surface area contributed by atoms with Gasteiger partial charge in [0.2, 0.25) is 5.88 Å². The van der Waals surface area contributed by atoms with Crippen molar-refractivity contribution in [2.45, 2.75) is 19.1 Å². The molecule has 0 aromatic carbocycles. The third kappa shape index (κ3) is 3.21. The molecule has 1 amide bonds. The summed E-state index contributed by atoms with van der Waals surface area (Å²) in [6.07, 6.45) is -0.451.